The molecule has 1 rings (SSSR count). The number of rotatable bonds is 10. The molecule has 142 valence electrons. The Bertz CT molecular complexity index is 542. The molecular formula is C17H27F2N3O3. The first-order valence-corrected chi connectivity index (χ1v) is 8.24. The minimum absolute atomic E-state index is 0.0170. The van der Waals surface area contributed by atoms with Gasteiger partial charge in [0.1, 0.15) is 0 Å². The lowest BCUT2D eigenvalue weighted by Gasteiger charge is -2.17. The largest absolute Gasteiger partial charge is 0.490 e. The highest BCUT2D eigenvalue weighted by Crippen LogP contribution is 2.30. The molecule has 0 bridgehead atoms. The molecule has 1 aromatic carbocycles. The molecule has 0 heterocycles. The third-order valence-corrected chi connectivity index (χ3v) is 3.09. The van der Waals surface area contributed by atoms with Gasteiger partial charge in [-0.2, -0.15) is 8.78 Å². The van der Waals surface area contributed by atoms with Crippen LogP contribution in [0.4, 0.5) is 8.78 Å². The number of ether oxygens (including phenoxy) is 3. The quantitative estimate of drug-likeness (QED) is 0.497. The summed E-state index contributed by atoms with van der Waals surface area (Å²) >= 11 is 0. The Hall–Kier alpha value is -2.09. The molecule has 0 spiro atoms. The summed E-state index contributed by atoms with van der Waals surface area (Å²) < 4.78 is 39.8. The molecule has 0 aliphatic rings. The van der Waals surface area contributed by atoms with Crippen molar-refractivity contribution in [2.24, 2.45) is 4.99 Å². The average molecular weight is 359 g/mol. The lowest BCUT2D eigenvalue weighted by atomic mass is 10.2. The summed E-state index contributed by atoms with van der Waals surface area (Å²) in [4.78, 5) is 4.49. The van der Waals surface area contributed by atoms with E-state index in [9.17, 15) is 8.78 Å². The molecule has 0 saturated heterocycles. The standard InChI is InChI=1S/C17H27F2N3O3/c1-5-20-17(22-12(3)11-23-4)21-10-13-7-8-14(25-16(18)19)15(9-13)24-6-2/h7-9,12,16H,5-6,10-11H2,1-4H3,(H2,20,21,22). The van der Waals surface area contributed by atoms with Crippen LogP contribution in [0.25, 0.3) is 0 Å². The van der Waals surface area contributed by atoms with Gasteiger partial charge in [-0.15, -0.1) is 0 Å². The first-order chi connectivity index (χ1) is 12.0. The van der Waals surface area contributed by atoms with Crippen molar-refractivity contribution in [1.82, 2.24) is 10.6 Å². The number of halogens is 2. The highest BCUT2D eigenvalue weighted by Gasteiger charge is 2.12. The van der Waals surface area contributed by atoms with Gasteiger partial charge in [0.2, 0.25) is 0 Å². The summed E-state index contributed by atoms with van der Waals surface area (Å²) in [5, 5.41) is 6.37. The fourth-order valence-electron chi connectivity index (χ4n) is 2.13. The number of benzene rings is 1. The first kappa shape index (κ1) is 21.0. The molecule has 2 N–H and O–H groups in total. The lowest BCUT2D eigenvalue weighted by molar-refractivity contribution is -0.0514. The Morgan fingerprint density at radius 2 is 2.00 bits per heavy atom. The molecule has 0 fully saturated rings. The van der Waals surface area contributed by atoms with Crippen LogP contribution in [-0.2, 0) is 11.3 Å². The molecule has 0 aromatic heterocycles. The summed E-state index contributed by atoms with van der Waals surface area (Å²) in [7, 11) is 1.64. The van der Waals surface area contributed by atoms with Crippen LogP contribution < -0.4 is 20.1 Å². The smallest absolute Gasteiger partial charge is 0.387 e. The van der Waals surface area contributed by atoms with Crippen molar-refractivity contribution < 1.29 is 23.0 Å². The molecule has 8 heteroatoms. The highest BCUT2D eigenvalue weighted by molar-refractivity contribution is 5.80. The van der Waals surface area contributed by atoms with E-state index < -0.39 is 6.61 Å². The van der Waals surface area contributed by atoms with Gasteiger partial charge in [-0.25, -0.2) is 4.99 Å². The van der Waals surface area contributed by atoms with Gasteiger partial charge < -0.3 is 24.8 Å². The number of hydrogen-bond acceptors (Lipinski definition) is 4. The Balaban J connectivity index is 2.85. The number of methoxy groups -OCH3 is 1. The van der Waals surface area contributed by atoms with Gasteiger partial charge in [-0.3, -0.25) is 0 Å². The summed E-state index contributed by atoms with van der Waals surface area (Å²) in [5.74, 6) is 0.947. The fraction of sp³-hybridized carbons (Fsp3) is 0.588. The van der Waals surface area contributed by atoms with Crippen molar-refractivity contribution in [1.29, 1.82) is 0 Å². The normalized spacial score (nSPS) is 12.8. The number of nitrogens with zero attached hydrogens (tertiary/aromatic N) is 1. The predicted molar refractivity (Wildman–Crippen MR) is 93.5 cm³/mol. The molecule has 0 radical (unpaired) electrons. The van der Waals surface area contributed by atoms with Gasteiger partial charge in [0.25, 0.3) is 0 Å². The number of nitrogens with one attached hydrogen (secondary N) is 2. The molecule has 1 aromatic rings. The third-order valence-electron chi connectivity index (χ3n) is 3.09. The van der Waals surface area contributed by atoms with E-state index in [0.717, 1.165) is 12.1 Å². The van der Waals surface area contributed by atoms with Crippen LogP contribution in [0.15, 0.2) is 23.2 Å². The van der Waals surface area contributed by atoms with Gasteiger partial charge in [0.05, 0.1) is 19.8 Å². The zero-order valence-electron chi connectivity index (χ0n) is 15.1. The Labute approximate surface area is 147 Å². The maximum atomic E-state index is 12.4. The summed E-state index contributed by atoms with van der Waals surface area (Å²) in [6.45, 7) is 4.84. The summed E-state index contributed by atoms with van der Waals surface area (Å²) in [6.07, 6.45) is 0. The van der Waals surface area contributed by atoms with Crippen molar-refractivity contribution >= 4 is 5.96 Å². The maximum absolute atomic E-state index is 12.4. The van der Waals surface area contributed by atoms with E-state index in [1.54, 1.807) is 26.2 Å². The van der Waals surface area contributed by atoms with E-state index in [1.165, 1.54) is 6.07 Å². The Morgan fingerprint density at radius 1 is 1.24 bits per heavy atom. The molecule has 6 nitrogen and oxygen atoms in total. The van der Waals surface area contributed by atoms with Crippen LogP contribution in [0.2, 0.25) is 0 Å². The Morgan fingerprint density at radius 3 is 2.60 bits per heavy atom. The van der Waals surface area contributed by atoms with Crippen molar-refractivity contribution in [2.75, 3.05) is 26.9 Å². The van der Waals surface area contributed by atoms with Crippen LogP contribution in [0, 0.1) is 0 Å². The molecule has 1 unspecified atom stereocenters. The van der Waals surface area contributed by atoms with Gasteiger partial charge in [-0.1, -0.05) is 6.07 Å². The number of aliphatic imine (C=N–C) groups is 1. The average Bonchev–Trinajstić information content (AvgIpc) is 2.55. The molecule has 1 atom stereocenters. The summed E-state index contributed by atoms with van der Waals surface area (Å²) in [5.41, 5.74) is 0.821. The van der Waals surface area contributed by atoms with Crippen LogP contribution in [0.3, 0.4) is 0 Å². The minimum Gasteiger partial charge on any atom is -0.490 e. The number of alkyl halides is 2. The molecule has 0 amide bonds. The van der Waals surface area contributed by atoms with Crippen LogP contribution in [-0.4, -0.2) is 45.5 Å². The Kier molecular flexibility index (Phi) is 9.61. The van der Waals surface area contributed by atoms with Crippen LogP contribution in [0.1, 0.15) is 26.3 Å². The minimum atomic E-state index is -2.89. The predicted octanol–water partition coefficient (Wildman–Crippen LogP) is 2.78. The zero-order valence-corrected chi connectivity index (χ0v) is 15.1. The second-order valence-electron chi connectivity index (χ2n) is 5.29. The van der Waals surface area contributed by atoms with Gasteiger partial charge in [0.15, 0.2) is 17.5 Å². The van der Waals surface area contributed by atoms with E-state index in [0.29, 0.717) is 25.7 Å². The van der Waals surface area contributed by atoms with Crippen LogP contribution >= 0.6 is 0 Å². The van der Waals surface area contributed by atoms with Crippen molar-refractivity contribution in [3.8, 4) is 11.5 Å². The molecule has 0 aliphatic heterocycles. The lowest BCUT2D eigenvalue weighted by Crippen LogP contribution is -2.43. The molecule has 0 aliphatic carbocycles. The SMILES string of the molecule is CCNC(=NCc1ccc(OC(F)F)c(OCC)c1)NC(C)COC. The number of guanidine groups is 1. The van der Waals surface area contributed by atoms with Gasteiger partial charge >= 0.3 is 6.61 Å². The highest BCUT2D eigenvalue weighted by atomic mass is 19.3. The zero-order chi connectivity index (χ0) is 18.7. The first-order valence-electron chi connectivity index (χ1n) is 8.24. The van der Waals surface area contributed by atoms with E-state index in [4.69, 9.17) is 9.47 Å². The van der Waals surface area contributed by atoms with E-state index in [1.807, 2.05) is 13.8 Å². The van der Waals surface area contributed by atoms with E-state index >= 15 is 0 Å². The van der Waals surface area contributed by atoms with Crippen molar-refractivity contribution in [2.45, 2.75) is 40.0 Å². The second kappa shape index (κ2) is 11.5. The maximum Gasteiger partial charge on any atom is 0.387 e. The van der Waals surface area contributed by atoms with Gasteiger partial charge in [0, 0.05) is 19.7 Å². The molecule has 25 heavy (non-hydrogen) atoms. The summed E-state index contributed by atoms with van der Waals surface area (Å²) in [6, 6.07) is 4.91. The van der Waals surface area contributed by atoms with Crippen molar-refractivity contribution in [3.05, 3.63) is 23.8 Å². The van der Waals surface area contributed by atoms with Crippen LogP contribution in [0.5, 0.6) is 11.5 Å². The number of hydrogen-bond donors (Lipinski definition) is 2. The van der Waals surface area contributed by atoms with E-state index in [2.05, 4.69) is 20.4 Å². The monoisotopic (exact) mass is 359 g/mol. The third kappa shape index (κ3) is 8.02. The second-order valence-corrected chi connectivity index (χ2v) is 5.29. The molecule has 0 saturated carbocycles. The fourth-order valence-corrected chi connectivity index (χ4v) is 2.13. The van der Waals surface area contributed by atoms with E-state index in [-0.39, 0.29) is 17.5 Å². The van der Waals surface area contributed by atoms with Gasteiger partial charge in [-0.05, 0) is 38.5 Å². The topological polar surface area (TPSA) is 64.1 Å². The molecular weight excluding hydrogens is 332 g/mol. The van der Waals surface area contributed by atoms with Crippen molar-refractivity contribution in [3.63, 3.8) is 0 Å².